The molecule has 0 saturated carbocycles. The molecule has 0 saturated heterocycles. The van der Waals surface area contributed by atoms with Crippen molar-refractivity contribution in [1.82, 2.24) is 9.97 Å². The number of nitrogens with zero attached hydrogens (tertiary/aromatic N) is 4. The maximum atomic E-state index is 13.4. The van der Waals surface area contributed by atoms with Crippen LogP contribution in [0.25, 0.3) is 11.1 Å². The number of anilines is 3. The minimum atomic E-state index is -0.837. The van der Waals surface area contributed by atoms with Crippen molar-refractivity contribution in [3.8, 4) is 16.9 Å². The lowest BCUT2D eigenvalue weighted by molar-refractivity contribution is -0.138. The second kappa shape index (κ2) is 11.2. The largest absolute Gasteiger partial charge is 0.493 e. The molecule has 0 aliphatic carbocycles. The monoisotopic (exact) mass is 536 g/mol. The van der Waals surface area contributed by atoms with Crippen LogP contribution in [-0.4, -0.2) is 47.2 Å². The summed E-state index contributed by atoms with van der Waals surface area (Å²) in [5.74, 6) is 0.617. The van der Waals surface area contributed by atoms with Crippen molar-refractivity contribution in [3.63, 3.8) is 0 Å². The Kier molecular flexibility index (Phi) is 7.51. The number of benzene rings is 2. The highest BCUT2D eigenvalue weighted by Crippen LogP contribution is 2.37. The number of hydrogen-bond acceptors (Lipinski definition) is 6. The Balaban J connectivity index is 1.28. The molecule has 1 amide bonds. The minimum absolute atomic E-state index is 0.118. The molecule has 1 aliphatic rings. The van der Waals surface area contributed by atoms with Gasteiger partial charge in [-0.2, -0.15) is 0 Å². The van der Waals surface area contributed by atoms with Gasteiger partial charge in [-0.3, -0.25) is 9.59 Å². The highest BCUT2D eigenvalue weighted by molar-refractivity contribution is 6.12. The molecule has 2 aromatic carbocycles. The van der Waals surface area contributed by atoms with E-state index in [0.29, 0.717) is 36.8 Å². The molecular weight excluding hydrogens is 504 g/mol. The van der Waals surface area contributed by atoms with E-state index >= 15 is 0 Å². The fourth-order valence-corrected chi connectivity index (χ4v) is 4.93. The van der Waals surface area contributed by atoms with E-state index in [0.717, 1.165) is 39.3 Å². The smallest absolute Gasteiger partial charge is 0.310 e. The number of ether oxygens (including phenoxy) is 1. The number of pyridine rings is 2. The maximum absolute atomic E-state index is 13.4. The van der Waals surface area contributed by atoms with E-state index in [4.69, 9.17) is 4.74 Å². The molecule has 0 spiro atoms. The van der Waals surface area contributed by atoms with E-state index in [1.54, 1.807) is 31.3 Å². The van der Waals surface area contributed by atoms with Crippen LogP contribution in [0.1, 0.15) is 46.8 Å². The Morgan fingerprint density at radius 3 is 2.48 bits per heavy atom. The van der Waals surface area contributed by atoms with Crippen LogP contribution >= 0.6 is 0 Å². The number of rotatable bonds is 8. The summed E-state index contributed by atoms with van der Waals surface area (Å²) < 4.78 is 6.11. The van der Waals surface area contributed by atoms with Crippen LogP contribution in [0.5, 0.6) is 5.75 Å². The van der Waals surface area contributed by atoms with Crippen molar-refractivity contribution < 1.29 is 19.4 Å². The van der Waals surface area contributed by atoms with Crippen molar-refractivity contribution in [2.24, 2.45) is 0 Å². The van der Waals surface area contributed by atoms with Gasteiger partial charge < -0.3 is 19.6 Å². The zero-order valence-electron chi connectivity index (χ0n) is 23.1. The molecule has 1 aliphatic heterocycles. The van der Waals surface area contributed by atoms with Gasteiger partial charge in [-0.1, -0.05) is 30.3 Å². The van der Waals surface area contributed by atoms with Gasteiger partial charge in [0.25, 0.3) is 5.91 Å². The number of carbonyl (C=O) groups is 2. The molecule has 1 atom stereocenters. The lowest BCUT2D eigenvalue weighted by Gasteiger charge is -2.22. The van der Waals surface area contributed by atoms with Crippen LogP contribution in [0.15, 0.2) is 73.1 Å². The Bertz CT molecular complexity index is 1570. The molecule has 1 N–H and O–H groups in total. The molecule has 0 radical (unpaired) electrons. The van der Waals surface area contributed by atoms with Gasteiger partial charge in [0.05, 0.1) is 23.8 Å². The van der Waals surface area contributed by atoms with Gasteiger partial charge >= 0.3 is 5.97 Å². The summed E-state index contributed by atoms with van der Waals surface area (Å²) in [6.07, 6.45) is 4.12. The van der Waals surface area contributed by atoms with E-state index in [2.05, 4.69) is 16.0 Å². The van der Waals surface area contributed by atoms with Crippen molar-refractivity contribution in [3.05, 3.63) is 95.3 Å². The summed E-state index contributed by atoms with van der Waals surface area (Å²) >= 11 is 0. The molecule has 8 heteroatoms. The maximum Gasteiger partial charge on any atom is 0.310 e. The second-order valence-electron chi connectivity index (χ2n) is 9.93. The lowest BCUT2D eigenvalue weighted by Crippen LogP contribution is -2.25. The topological polar surface area (TPSA) is 95.9 Å². The number of aromatic nitrogens is 2. The number of fused-ring (bicyclic) bond motifs is 2. The molecule has 3 heterocycles. The van der Waals surface area contributed by atoms with Gasteiger partial charge in [-0.15, -0.1) is 0 Å². The molecule has 1 unspecified atom stereocenters. The van der Waals surface area contributed by atoms with Gasteiger partial charge in [0.15, 0.2) is 5.82 Å². The minimum Gasteiger partial charge on any atom is -0.493 e. The SMILES string of the molecule is CCN1c2ncc(CCOc3ccc(-c4ccc(C(C)C(=O)O)cc4)cc3C)cc2C(=O)N(C)c2cccnc21. The van der Waals surface area contributed by atoms with Gasteiger partial charge in [0.2, 0.25) is 0 Å². The Labute approximate surface area is 233 Å². The van der Waals surface area contributed by atoms with Gasteiger partial charge in [0.1, 0.15) is 11.6 Å². The van der Waals surface area contributed by atoms with Gasteiger partial charge in [-0.05, 0) is 78.9 Å². The first-order valence-electron chi connectivity index (χ1n) is 13.3. The van der Waals surface area contributed by atoms with E-state index in [1.165, 1.54) is 0 Å². The van der Waals surface area contributed by atoms with Crippen LogP contribution in [-0.2, 0) is 11.2 Å². The van der Waals surface area contributed by atoms with Crippen molar-refractivity contribution in [1.29, 1.82) is 0 Å². The van der Waals surface area contributed by atoms with E-state index in [1.807, 2.05) is 73.3 Å². The van der Waals surface area contributed by atoms with E-state index < -0.39 is 11.9 Å². The molecule has 0 bridgehead atoms. The van der Waals surface area contributed by atoms with E-state index in [-0.39, 0.29) is 5.91 Å². The summed E-state index contributed by atoms with van der Waals surface area (Å²) in [7, 11) is 1.76. The number of aliphatic carboxylic acids is 1. The third kappa shape index (κ3) is 5.12. The standard InChI is InChI=1S/C32H32N4O4/c1-5-36-29-26(31(37)35(4)27-7-6-15-33-30(27)36)18-22(19-34-29)14-16-40-28-13-12-25(17-20(28)2)24-10-8-23(9-11-24)21(3)32(38)39/h6-13,15,17-19,21H,5,14,16H2,1-4H3,(H,38,39). The third-order valence-electron chi connectivity index (χ3n) is 7.35. The highest BCUT2D eigenvalue weighted by Gasteiger charge is 2.30. The number of amides is 1. The second-order valence-corrected chi connectivity index (χ2v) is 9.93. The highest BCUT2D eigenvalue weighted by atomic mass is 16.5. The summed E-state index contributed by atoms with van der Waals surface area (Å²) in [6.45, 7) is 6.77. The zero-order valence-corrected chi connectivity index (χ0v) is 23.1. The van der Waals surface area contributed by atoms with Crippen LogP contribution in [0.3, 0.4) is 0 Å². The molecule has 4 aromatic rings. The zero-order chi connectivity index (χ0) is 28.4. The molecule has 40 heavy (non-hydrogen) atoms. The van der Waals surface area contributed by atoms with Crippen LogP contribution in [0.2, 0.25) is 0 Å². The van der Waals surface area contributed by atoms with Gasteiger partial charge in [-0.25, -0.2) is 9.97 Å². The average Bonchev–Trinajstić information content (AvgIpc) is 3.06. The summed E-state index contributed by atoms with van der Waals surface area (Å²) in [6, 6.07) is 19.3. The molecular formula is C32H32N4O4. The molecule has 5 rings (SSSR count). The summed E-state index contributed by atoms with van der Waals surface area (Å²) in [5.41, 5.74) is 6.04. The van der Waals surface area contributed by atoms with Crippen molar-refractivity contribution >= 4 is 29.2 Å². The first-order chi connectivity index (χ1) is 19.3. The van der Waals surface area contributed by atoms with Crippen LogP contribution < -0.4 is 14.5 Å². The first kappa shape index (κ1) is 26.9. The molecule has 8 nitrogen and oxygen atoms in total. The third-order valence-corrected chi connectivity index (χ3v) is 7.35. The molecule has 204 valence electrons. The van der Waals surface area contributed by atoms with Crippen LogP contribution in [0, 0.1) is 6.92 Å². The Morgan fingerprint density at radius 1 is 1.02 bits per heavy atom. The quantitative estimate of drug-likeness (QED) is 0.295. The van der Waals surface area contributed by atoms with Gasteiger partial charge in [0, 0.05) is 32.4 Å². The van der Waals surface area contributed by atoms with E-state index in [9.17, 15) is 14.7 Å². The predicted molar refractivity (Wildman–Crippen MR) is 156 cm³/mol. The first-order valence-corrected chi connectivity index (χ1v) is 13.3. The van der Waals surface area contributed by atoms with Crippen molar-refractivity contribution in [2.75, 3.05) is 30.0 Å². The Morgan fingerprint density at radius 2 is 1.77 bits per heavy atom. The number of aryl methyl sites for hydroxylation is 1. The van der Waals surface area contributed by atoms with Crippen molar-refractivity contribution in [2.45, 2.75) is 33.1 Å². The van der Waals surface area contributed by atoms with Crippen LogP contribution in [0.4, 0.5) is 17.3 Å². The normalized spacial score (nSPS) is 13.3. The fourth-order valence-electron chi connectivity index (χ4n) is 4.93. The number of hydrogen-bond donors (Lipinski definition) is 1. The number of carboxylic acid groups (broad SMARTS) is 1. The number of carboxylic acids is 1. The number of carbonyl (C=O) groups excluding carboxylic acids is 1. The Hall–Kier alpha value is -4.72. The summed E-state index contributed by atoms with van der Waals surface area (Å²) in [4.78, 5) is 37.4. The molecule has 0 fully saturated rings. The predicted octanol–water partition coefficient (Wildman–Crippen LogP) is 6.01. The molecule has 2 aromatic heterocycles. The lowest BCUT2D eigenvalue weighted by atomic mass is 9.97. The fraction of sp³-hybridized carbons (Fsp3) is 0.250. The average molecular weight is 537 g/mol. The summed E-state index contributed by atoms with van der Waals surface area (Å²) in [5, 5.41) is 9.23.